The van der Waals surface area contributed by atoms with Crippen molar-refractivity contribution in [2.45, 2.75) is 77.3 Å². The molecule has 0 bridgehead atoms. The molecule has 0 aliphatic rings. The molecule has 0 radical (unpaired) electrons. The van der Waals surface area contributed by atoms with Gasteiger partial charge in [-0.15, -0.1) is 24.8 Å². The summed E-state index contributed by atoms with van der Waals surface area (Å²) in [5, 5.41) is 24.0. The van der Waals surface area contributed by atoms with E-state index in [-0.39, 0.29) is 36.5 Å². The predicted molar refractivity (Wildman–Crippen MR) is 99.0 cm³/mol. The standard InChI is InChI=1S/C14H30N6.2ClH/c1-5-7-9-13(3,11(15)16)19-20-14(4,12(17)18)10-8-6-2;;/h5-10H2,1-4H3,(H3,15,16)(H3,17,18);2*1H. The average Bonchev–Trinajstić information content (AvgIpc) is 2.40. The fraction of sp³-hybridized carbons (Fsp3) is 0.857. The fourth-order valence-corrected chi connectivity index (χ4v) is 1.74. The van der Waals surface area contributed by atoms with E-state index in [0.717, 1.165) is 25.7 Å². The second-order valence-corrected chi connectivity index (χ2v) is 5.78. The Bertz CT molecular complexity index is 340. The maximum Gasteiger partial charge on any atom is 0.135 e. The Morgan fingerprint density at radius 1 is 0.818 bits per heavy atom. The Morgan fingerprint density at radius 3 is 1.27 bits per heavy atom. The van der Waals surface area contributed by atoms with Crippen LogP contribution in [0.25, 0.3) is 0 Å². The van der Waals surface area contributed by atoms with E-state index in [1.54, 1.807) is 0 Å². The molecule has 0 aromatic rings. The van der Waals surface area contributed by atoms with Gasteiger partial charge in [-0.1, -0.05) is 39.5 Å². The van der Waals surface area contributed by atoms with Gasteiger partial charge in [0.05, 0.1) is 0 Å². The first kappa shape index (κ1) is 26.0. The van der Waals surface area contributed by atoms with Crippen LogP contribution in [0.1, 0.15) is 66.2 Å². The predicted octanol–water partition coefficient (Wildman–Crippen LogP) is 4.05. The molecule has 0 aliphatic heterocycles. The molecule has 0 saturated heterocycles. The lowest BCUT2D eigenvalue weighted by Crippen LogP contribution is -2.42. The van der Waals surface area contributed by atoms with E-state index < -0.39 is 11.1 Å². The highest BCUT2D eigenvalue weighted by Crippen LogP contribution is 2.25. The van der Waals surface area contributed by atoms with Crippen molar-refractivity contribution in [3.05, 3.63) is 0 Å². The molecule has 0 aliphatic carbocycles. The number of halogens is 2. The number of unbranched alkanes of at least 4 members (excludes halogenated alkanes) is 2. The summed E-state index contributed by atoms with van der Waals surface area (Å²) >= 11 is 0. The number of amidine groups is 2. The van der Waals surface area contributed by atoms with Gasteiger partial charge in [0.15, 0.2) is 0 Å². The topological polar surface area (TPSA) is 124 Å². The van der Waals surface area contributed by atoms with Crippen molar-refractivity contribution < 1.29 is 0 Å². The van der Waals surface area contributed by atoms with Gasteiger partial charge >= 0.3 is 0 Å². The van der Waals surface area contributed by atoms with Crippen molar-refractivity contribution in [3.8, 4) is 0 Å². The monoisotopic (exact) mass is 354 g/mol. The SMILES string of the molecule is CCCCC(C)(N=NC(C)(CCCC)C(=N)N)C(=N)N.Cl.Cl. The summed E-state index contributed by atoms with van der Waals surface area (Å²) in [5.74, 6) is 0.0205. The van der Waals surface area contributed by atoms with E-state index in [4.69, 9.17) is 22.3 Å². The second kappa shape index (κ2) is 11.7. The fourth-order valence-electron chi connectivity index (χ4n) is 1.74. The summed E-state index contributed by atoms with van der Waals surface area (Å²) in [7, 11) is 0. The highest BCUT2D eigenvalue weighted by atomic mass is 35.5. The van der Waals surface area contributed by atoms with Crippen LogP contribution in [0.15, 0.2) is 10.2 Å². The smallest absolute Gasteiger partial charge is 0.135 e. The first-order chi connectivity index (χ1) is 9.22. The zero-order valence-electron chi connectivity index (χ0n) is 14.1. The Labute approximate surface area is 146 Å². The van der Waals surface area contributed by atoms with Crippen molar-refractivity contribution in [1.82, 2.24) is 0 Å². The molecule has 0 spiro atoms. The van der Waals surface area contributed by atoms with Crippen LogP contribution in [0.5, 0.6) is 0 Å². The average molecular weight is 355 g/mol. The van der Waals surface area contributed by atoms with Gasteiger partial charge in [-0.2, -0.15) is 10.2 Å². The van der Waals surface area contributed by atoms with E-state index >= 15 is 0 Å². The summed E-state index contributed by atoms with van der Waals surface area (Å²) in [5.41, 5.74) is 9.74. The van der Waals surface area contributed by atoms with Crippen LogP contribution in [-0.2, 0) is 0 Å². The number of nitrogens with zero attached hydrogens (tertiary/aromatic N) is 2. The van der Waals surface area contributed by atoms with Crippen LogP contribution in [-0.4, -0.2) is 22.7 Å². The molecule has 2 unspecified atom stereocenters. The molecular formula is C14H32Cl2N6. The molecule has 6 N–H and O–H groups in total. The van der Waals surface area contributed by atoms with Gasteiger partial charge in [0, 0.05) is 0 Å². The molecule has 22 heavy (non-hydrogen) atoms. The summed E-state index contributed by atoms with van der Waals surface area (Å²) < 4.78 is 0. The van der Waals surface area contributed by atoms with Gasteiger partial charge in [0.2, 0.25) is 0 Å². The van der Waals surface area contributed by atoms with Gasteiger partial charge in [-0.3, -0.25) is 10.8 Å². The lowest BCUT2D eigenvalue weighted by Gasteiger charge is -2.27. The molecule has 0 rings (SSSR count). The number of rotatable bonds is 10. The molecule has 0 aromatic heterocycles. The molecular weight excluding hydrogens is 323 g/mol. The Kier molecular flexibility index (Phi) is 13.8. The largest absolute Gasteiger partial charge is 0.386 e. The van der Waals surface area contributed by atoms with Crippen molar-refractivity contribution in [2.24, 2.45) is 21.7 Å². The van der Waals surface area contributed by atoms with Crippen LogP contribution < -0.4 is 11.5 Å². The third-order valence-electron chi connectivity index (χ3n) is 3.69. The molecule has 0 fully saturated rings. The summed E-state index contributed by atoms with van der Waals surface area (Å²) in [6.07, 6.45) is 5.26. The molecule has 8 heteroatoms. The number of hydrogen-bond acceptors (Lipinski definition) is 4. The van der Waals surface area contributed by atoms with Crippen molar-refractivity contribution in [1.29, 1.82) is 10.8 Å². The minimum Gasteiger partial charge on any atom is -0.386 e. The summed E-state index contributed by atoms with van der Waals surface area (Å²) in [4.78, 5) is 0. The van der Waals surface area contributed by atoms with E-state index in [2.05, 4.69) is 24.1 Å². The van der Waals surface area contributed by atoms with E-state index in [1.165, 1.54) is 0 Å². The zero-order chi connectivity index (χ0) is 15.8. The minimum atomic E-state index is -0.793. The number of nitrogens with two attached hydrogens (primary N) is 2. The number of nitrogens with one attached hydrogen (secondary N) is 2. The van der Waals surface area contributed by atoms with Gasteiger partial charge in [0.25, 0.3) is 0 Å². The van der Waals surface area contributed by atoms with E-state index in [9.17, 15) is 0 Å². The summed E-state index contributed by atoms with van der Waals surface area (Å²) in [6.45, 7) is 7.79. The van der Waals surface area contributed by atoms with Gasteiger partial charge in [-0.25, -0.2) is 0 Å². The quantitative estimate of drug-likeness (QED) is 0.268. The molecule has 0 heterocycles. The molecule has 132 valence electrons. The number of azo groups is 1. The zero-order valence-corrected chi connectivity index (χ0v) is 15.7. The molecule has 2 atom stereocenters. The maximum atomic E-state index is 7.72. The van der Waals surface area contributed by atoms with Crippen LogP contribution in [0.2, 0.25) is 0 Å². The third kappa shape index (κ3) is 7.94. The lowest BCUT2D eigenvalue weighted by atomic mass is 9.93. The first-order valence-electron chi connectivity index (χ1n) is 7.35. The highest BCUT2D eigenvalue weighted by molar-refractivity contribution is 5.88. The van der Waals surface area contributed by atoms with Crippen LogP contribution in [0.3, 0.4) is 0 Å². The van der Waals surface area contributed by atoms with Crippen LogP contribution in [0, 0.1) is 10.8 Å². The molecule has 0 saturated carbocycles. The van der Waals surface area contributed by atoms with E-state index in [1.807, 2.05) is 13.8 Å². The highest BCUT2D eigenvalue weighted by Gasteiger charge is 2.32. The van der Waals surface area contributed by atoms with Crippen LogP contribution in [0.4, 0.5) is 0 Å². The Hall–Kier alpha value is -0.880. The maximum absolute atomic E-state index is 7.72. The van der Waals surface area contributed by atoms with Crippen molar-refractivity contribution in [3.63, 3.8) is 0 Å². The first-order valence-corrected chi connectivity index (χ1v) is 7.35. The summed E-state index contributed by atoms with van der Waals surface area (Å²) in [6, 6.07) is 0. The Balaban J connectivity index is -0.00000180. The number of hydrogen-bond donors (Lipinski definition) is 4. The van der Waals surface area contributed by atoms with Crippen LogP contribution >= 0.6 is 24.8 Å². The van der Waals surface area contributed by atoms with Crippen molar-refractivity contribution >= 4 is 36.5 Å². The third-order valence-corrected chi connectivity index (χ3v) is 3.69. The van der Waals surface area contributed by atoms with Gasteiger partial charge in [0.1, 0.15) is 22.7 Å². The molecule has 0 amide bonds. The molecule has 0 aromatic carbocycles. The van der Waals surface area contributed by atoms with Gasteiger partial charge < -0.3 is 11.5 Å². The lowest BCUT2D eigenvalue weighted by molar-refractivity contribution is 0.447. The van der Waals surface area contributed by atoms with Gasteiger partial charge in [-0.05, 0) is 26.7 Å². The Morgan fingerprint density at radius 2 is 1.09 bits per heavy atom. The second-order valence-electron chi connectivity index (χ2n) is 5.78. The minimum absolute atomic E-state index is 0. The van der Waals surface area contributed by atoms with Crippen molar-refractivity contribution in [2.75, 3.05) is 0 Å². The molecule has 6 nitrogen and oxygen atoms in total. The van der Waals surface area contributed by atoms with E-state index in [0.29, 0.717) is 12.8 Å². The normalized spacial score (nSPS) is 16.0.